The highest BCUT2D eigenvalue weighted by atomic mass is 16.5. The summed E-state index contributed by atoms with van der Waals surface area (Å²) >= 11 is 0. The maximum Gasteiger partial charge on any atom is 0.293 e. The first-order valence-corrected chi connectivity index (χ1v) is 8.14. The van der Waals surface area contributed by atoms with Crippen LogP contribution in [0.1, 0.15) is 39.7 Å². The lowest BCUT2D eigenvalue weighted by Crippen LogP contribution is -2.28. The van der Waals surface area contributed by atoms with Gasteiger partial charge in [0, 0.05) is 25.4 Å². The number of anilines is 1. The van der Waals surface area contributed by atoms with Crippen molar-refractivity contribution in [1.82, 2.24) is 19.4 Å². The van der Waals surface area contributed by atoms with E-state index in [9.17, 15) is 9.59 Å². The molecule has 0 atom stereocenters. The van der Waals surface area contributed by atoms with E-state index < -0.39 is 5.91 Å². The van der Waals surface area contributed by atoms with E-state index in [1.807, 2.05) is 6.07 Å². The molecule has 1 N–H and O–H groups in total. The van der Waals surface area contributed by atoms with Gasteiger partial charge in [-0.3, -0.25) is 14.0 Å². The van der Waals surface area contributed by atoms with Crippen LogP contribution in [-0.2, 0) is 0 Å². The third-order valence-corrected chi connectivity index (χ3v) is 4.22. The number of likely N-dealkylation sites (tertiary alicyclic amines) is 1. The number of nitrogens with one attached hydrogen (secondary N) is 1. The number of carbonyl (C=O) groups excluding carboxylic acids is 2. The molecule has 4 heterocycles. The highest BCUT2D eigenvalue weighted by Gasteiger charge is 2.26. The van der Waals surface area contributed by atoms with Gasteiger partial charge in [-0.2, -0.15) is 0 Å². The molecule has 8 heteroatoms. The number of hydrogen-bond acceptors (Lipinski definition) is 5. The number of aryl methyl sites for hydroxylation is 1. The van der Waals surface area contributed by atoms with Crippen LogP contribution < -0.4 is 5.32 Å². The third kappa shape index (κ3) is 2.75. The molecule has 128 valence electrons. The molecular weight excluding hydrogens is 322 g/mol. The third-order valence-electron chi connectivity index (χ3n) is 4.22. The van der Waals surface area contributed by atoms with E-state index in [2.05, 4.69) is 15.5 Å². The summed E-state index contributed by atoms with van der Waals surface area (Å²) in [6.07, 6.45) is 3.71. The summed E-state index contributed by atoms with van der Waals surface area (Å²) in [7, 11) is 0. The second-order valence-electron chi connectivity index (χ2n) is 6.02. The van der Waals surface area contributed by atoms with Crippen LogP contribution in [0, 0.1) is 6.92 Å². The van der Waals surface area contributed by atoms with Crippen LogP contribution in [-0.4, -0.2) is 44.3 Å². The summed E-state index contributed by atoms with van der Waals surface area (Å²) in [5.41, 5.74) is 0.907. The Hall–Kier alpha value is -3.16. The number of aromatic nitrogens is 3. The molecule has 25 heavy (non-hydrogen) atoms. The van der Waals surface area contributed by atoms with Gasteiger partial charge in [-0.15, -0.1) is 0 Å². The molecule has 0 aliphatic carbocycles. The normalized spacial score (nSPS) is 14.2. The summed E-state index contributed by atoms with van der Waals surface area (Å²) in [5.74, 6) is 0.446. The number of rotatable bonds is 3. The Morgan fingerprint density at radius 3 is 2.76 bits per heavy atom. The SMILES string of the molecule is Cc1cc(NC(=O)c2nc(C(=O)N3CCCC3)c3ccccn23)no1. The molecule has 1 saturated heterocycles. The number of carbonyl (C=O) groups is 2. The summed E-state index contributed by atoms with van der Waals surface area (Å²) in [5, 5.41) is 6.39. The predicted octanol–water partition coefficient (Wildman–Crippen LogP) is 2.12. The zero-order valence-electron chi connectivity index (χ0n) is 13.7. The molecule has 0 unspecified atom stereocenters. The van der Waals surface area contributed by atoms with Crippen LogP contribution in [0.5, 0.6) is 0 Å². The number of amides is 2. The fourth-order valence-corrected chi connectivity index (χ4v) is 3.02. The molecule has 3 aromatic heterocycles. The fourth-order valence-electron chi connectivity index (χ4n) is 3.02. The highest BCUT2D eigenvalue weighted by molar-refractivity contribution is 6.05. The Morgan fingerprint density at radius 2 is 2.04 bits per heavy atom. The quantitative estimate of drug-likeness (QED) is 0.789. The molecule has 4 rings (SSSR count). The van der Waals surface area contributed by atoms with Gasteiger partial charge in [-0.05, 0) is 31.9 Å². The Morgan fingerprint density at radius 1 is 1.24 bits per heavy atom. The number of nitrogens with zero attached hydrogens (tertiary/aromatic N) is 4. The number of imidazole rings is 1. The summed E-state index contributed by atoms with van der Waals surface area (Å²) in [6, 6.07) is 7.01. The van der Waals surface area contributed by atoms with Gasteiger partial charge in [0.1, 0.15) is 5.76 Å². The molecule has 1 aliphatic heterocycles. The standard InChI is InChI=1S/C17H17N5O3/c1-11-10-13(20-25-11)18-16(23)15-19-14(12-6-2-3-9-22(12)15)17(24)21-7-4-5-8-21/h2-3,6,9-10H,4-5,7-8H2,1H3,(H,18,20,23). The van der Waals surface area contributed by atoms with Gasteiger partial charge < -0.3 is 14.7 Å². The van der Waals surface area contributed by atoms with Gasteiger partial charge in [0.05, 0.1) is 5.52 Å². The van der Waals surface area contributed by atoms with Crippen molar-refractivity contribution in [2.75, 3.05) is 18.4 Å². The monoisotopic (exact) mass is 339 g/mol. The molecule has 0 radical (unpaired) electrons. The molecule has 0 saturated carbocycles. The van der Waals surface area contributed by atoms with Crippen LogP contribution in [0.3, 0.4) is 0 Å². The maximum absolute atomic E-state index is 12.7. The van der Waals surface area contributed by atoms with Crippen LogP contribution >= 0.6 is 0 Å². The lowest BCUT2D eigenvalue weighted by atomic mass is 10.3. The summed E-state index contributed by atoms with van der Waals surface area (Å²) in [4.78, 5) is 31.5. The topological polar surface area (TPSA) is 92.7 Å². The van der Waals surface area contributed by atoms with Gasteiger partial charge >= 0.3 is 0 Å². The van der Waals surface area contributed by atoms with E-state index >= 15 is 0 Å². The predicted molar refractivity (Wildman–Crippen MR) is 89.5 cm³/mol. The number of fused-ring (bicyclic) bond motifs is 1. The molecule has 2 amide bonds. The van der Waals surface area contributed by atoms with Crippen molar-refractivity contribution in [3.63, 3.8) is 0 Å². The van der Waals surface area contributed by atoms with E-state index in [4.69, 9.17) is 4.52 Å². The lowest BCUT2D eigenvalue weighted by Gasteiger charge is -2.13. The van der Waals surface area contributed by atoms with Crippen LogP contribution in [0.2, 0.25) is 0 Å². The highest BCUT2D eigenvalue weighted by Crippen LogP contribution is 2.19. The molecule has 1 fully saturated rings. The minimum atomic E-state index is -0.449. The largest absolute Gasteiger partial charge is 0.360 e. The lowest BCUT2D eigenvalue weighted by molar-refractivity contribution is 0.0789. The molecule has 8 nitrogen and oxygen atoms in total. The van der Waals surface area contributed by atoms with E-state index in [1.165, 1.54) is 0 Å². The summed E-state index contributed by atoms with van der Waals surface area (Å²) in [6.45, 7) is 3.19. The fraction of sp³-hybridized carbons (Fsp3) is 0.294. The van der Waals surface area contributed by atoms with Gasteiger partial charge in [0.25, 0.3) is 11.8 Å². The van der Waals surface area contributed by atoms with Crippen LogP contribution in [0.15, 0.2) is 35.0 Å². The van der Waals surface area contributed by atoms with Crippen molar-refractivity contribution in [2.24, 2.45) is 0 Å². The Kier molecular flexibility index (Phi) is 3.72. The first kappa shape index (κ1) is 15.4. The molecule has 3 aromatic rings. The van der Waals surface area contributed by atoms with Gasteiger partial charge in [0.2, 0.25) is 5.82 Å². The average Bonchev–Trinajstić information content (AvgIpc) is 3.33. The van der Waals surface area contributed by atoms with Gasteiger partial charge in [-0.1, -0.05) is 11.2 Å². The van der Waals surface area contributed by atoms with Gasteiger partial charge in [0.15, 0.2) is 11.5 Å². The van der Waals surface area contributed by atoms with Crippen molar-refractivity contribution in [3.05, 3.63) is 47.7 Å². The Labute approximate surface area is 143 Å². The van der Waals surface area contributed by atoms with E-state index in [1.54, 1.807) is 40.6 Å². The summed E-state index contributed by atoms with van der Waals surface area (Å²) < 4.78 is 6.56. The van der Waals surface area contributed by atoms with E-state index in [0.29, 0.717) is 22.8 Å². The molecule has 1 aliphatic rings. The maximum atomic E-state index is 12.7. The Bertz CT molecular complexity index is 952. The minimum Gasteiger partial charge on any atom is -0.360 e. The Balaban J connectivity index is 1.71. The van der Waals surface area contributed by atoms with E-state index in [-0.39, 0.29) is 11.7 Å². The zero-order chi connectivity index (χ0) is 17.4. The first-order chi connectivity index (χ1) is 12.1. The molecular formula is C17H17N5O3. The molecule has 0 bridgehead atoms. The van der Waals surface area contributed by atoms with Crippen molar-refractivity contribution in [1.29, 1.82) is 0 Å². The number of pyridine rings is 1. The smallest absolute Gasteiger partial charge is 0.293 e. The zero-order valence-corrected chi connectivity index (χ0v) is 13.7. The number of hydrogen-bond donors (Lipinski definition) is 1. The second-order valence-corrected chi connectivity index (χ2v) is 6.02. The van der Waals surface area contributed by atoms with Crippen LogP contribution in [0.4, 0.5) is 5.82 Å². The van der Waals surface area contributed by atoms with Gasteiger partial charge in [-0.25, -0.2) is 4.98 Å². The second kappa shape index (κ2) is 6.04. The first-order valence-electron chi connectivity index (χ1n) is 8.14. The van der Waals surface area contributed by atoms with Crippen molar-refractivity contribution >= 4 is 23.1 Å². The minimum absolute atomic E-state index is 0.138. The average molecular weight is 339 g/mol. The molecule has 0 aromatic carbocycles. The molecule has 0 spiro atoms. The van der Waals surface area contributed by atoms with Crippen LogP contribution in [0.25, 0.3) is 5.52 Å². The van der Waals surface area contributed by atoms with Crippen molar-refractivity contribution in [3.8, 4) is 0 Å². The van der Waals surface area contributed by atoms with E-state index in [0.717, 1.165) is 25.9 Å². The van der Waals surface area contributed by atoms with Crippen molar-refractivity contribution in [2.45, 2.75) is 19.8 Å². The van der Waals surface area contributed by atoms with Crippen molar-refractivity contribution < 1.29 is 14.1 Å².